The van der Waals surface area contributed by atoms with Crippen molar-refractivity contribution in [1.29, 1.82) is 0 Å². The van der Waals surface area contributed by atoms with Crippen molar-refractivity contribution in [3.05, 3.63) is 59.4 Å². The number of rotatable bonds is 7. The molecule has 2 aliphatic heterocycles. The van der Waals surface area contributed by atoms with E-state index < -0.39 is 5.60 Å². The first-order chi connectivity index (χ1) is 19.6. The van der Waals surface area contributed by atoms with Crippen LogP contribution < -0.4 is 10.2 Å². The number of fused-ring (bicyclic) bond motifs is 1. The van der Waals surface area contributed by atoms with Crippen LogP contribution in [0.1, 0.15) is 87.7 Å². The molecule has 1 aromatic heterocycles. The summed E-state index contributed by atoms with van der Waals surface area (Å²) in [5, 5.41) is 13.5. The van der Waals surface area contributed by atoms with E-state index in [1.807, 2.05) is 27.7 Å². The topological polar surface area (TPSA) is 98.1 Å². The fourth-order valence-corrected chi connectivity index (χ4v) is 6.71. The van der Waals surface area contributed by atoms with Crippen LogP contribution >= 0.6 is 0 Å². The summed E-state index contributed by atoms with van der Waals surface area (Å²) in [5.41, 5.74) is 3.49. The maximum absolute atomic E-state index is 13.1. The Morgan fingerprint density at radius 1 is 1.05 bits per heavy atom. The molecule has 0 radical (unpaired) electrons. The first-order valence-corrected chi connectivity index (χ1v) is 15.3. The average molecular weight is 560 g/mol. The van der Waals surface area contributed by atoms with Gasteiger partial charge in [-0.2, -0.15) is 4.99 Å². The van der Waals surface area contributed by atoms with E-state index in [4.69, 9.17) is 0 Å². The van der Waals surface area contributed by atoms with Crippen molar-refractivity contribution in [2.24, 2.45) is 16.8 Å². The van der Waals surface area contributed by atoms with Crippen LogP contribution in [0.5, 0.6) is 0 Å². The molecule has 8 heteroatoms. The second-order valence-electron chi connectivity index (χ2n) is 13.0. The number of likely N-dealkylation sites (tertiary alicyclic amines) is 1. The predicted octanol–water partition coefficient (Wildman–Crippen LogP) is 4.75. The van der Waals surface area contributed by atoms with E-state index in [0.29, 0.717) is 17.9 Å². The van der Waals surface area contributed by atoms with Crippen molar-refractivity contribution < 1.29 is 14.7 Å². The van der Waals surface area contributed by atoms with Crippen LogP contribution in [0.4, 0.5) is 5.69 Å². The van der Waals surface area contributed by atoms with Gasteiger partial charge in [-0.3, -0.25) is 19.5 Å². The van der Waals surface area contributed by atoms with Gasteiger partial charge >= 0.3 is 0 Å². The highest BCUT2D eigenvalue weighted by molar-refractivity contribution is 6.12. The van der Waals surface area contributed by atoms with E-state index in [-0.39, 0.29) is 29.8 Å². The lowest BCUT2D eigenvalue weighted by molar-refractivity contribution is -0.126. The number of benzene rings is 1. The van der Waals surface area contributed by atoms with Crippen molar-refractivity contribution in [3.8, 4) is 0 Å². The molecule has 220 valence electrons. The second-order valence-corrected chi connectivity index (χ2v) is 13.0. The monoisotopic (exact) mass is 559 g/mol. The van der Waals surface area contributed by atoms with Crippen LogP contribution in [-0.2, 0) is 17.8 Å². The summed E-state index contributed by atoms with van der Waals surface area (Å²) in [6.45, 7) is 10.7. The van der Waals surface area contributed by atoms with Crippen molar-refractivity contribution in [2.75, 3.05) is 18.0 Å². The zero-order chi connectivity index (χ0) is 29.1. The van der Waals surface area contributed by atoms with Gasteiger partial charge in [0.2, 0.25) is 5.91 Å². The fraction of sp³-hybridized carbons (Fsp3) is 0.576. The second kappa shape index (κ2) is 12.4. The normalized spacial score (nSPS) is 23.2. The number of hydrogen-bond acceptors (Lipinski definition) is 5. The summed E-state index contributed by atoms with van der Waals surface area (Å²) < 4.78 is 0. The number of aliphatic hydroxyl groups is 1. The summed E-state index contributed by atoms with van der Waals surface area (Å²) in [6.07, 6.45) is 9.29. The number of carbonyl (C=O) groups is 2. The molecule has 1 aromatic carbocycles. The Bertz CT molecular complexity index is 1250. The third-order valence-electron chi connectivity index (χ3n) is 9.05. The number of hydrogen-bond donors (Lipinski definition) is 2. The van der Waals surface area contributed by atoms with Gasteiger partial charge in [-0.1, -0.05) is 12.1 Å². The van der Waals surface area contributed by atoms with Crippen molar-refractivity contribution in [2.45, 2.75) is 96.9 Å². The van der Waals surface area contributed by atoms with E-state index in [0.717, 1.165) is 69.7 Å². The van der Waals surface area contributed by atoms with Crippen molar-refractivity contribution in [3.63, 3.8) is 0 Å². The first-order valence-electron chi connectivity index (χ1n) is 15.3. The number of amides is 2. The number of nitrogens with zero attached hydrogens (tertiary/aromatic N) is 4. The Balaban J connectivity index is 1.35. The summed E-state index contributed by atoms with van der Waals surface area (Å²) in [6, 6.07) is 10.4. The maximum atomic E-state index is 13.1. The third-order valence-corrected chi connectivity index (χ3v) is 9.05. The SMILES string of the molecule is CC(C)NC(=O)C1CCC(N2C(=NC(=O)c3ccncc3)Cc3ccc(CN4CCC(C(C)(C)O)CC4)cc32)CC1. The number of anilines is 1. The lowest BCUT2D eigenvalue weighted by atomic mass is 9.83. The minimum absolute atomic E-state index is 0.0349. The van der Waals surface area contributed by atoms with Crippen molar-refractivity contribution >= 4 is 23.3 Å². The highest BCUT2D eigenvalue weighted by Gasteiger charge is 2.37. The lowest BCUT2D eigenvalue weighted by Gasteiger charge is -2.38. The molecule has 41 heavy (non-hydrogen) atoms. The highest BCUT2D eigenvalue weighted by Crippen LogP contribution is 2.38. The average Bonchev–Trinajstić information content (AvgIpc) is 3.30. The molecule has 3 aliphatic rings. The van der Waals surface area contributed by atoms with E-state index >= 15 is 0 Å². The van der Waals surface area contributed by atoms with Gasteiger partial charge in [0, 0.05) is 54.6 Å². The molecule has 2 aromatic rings. The smallest absolute Gasteiger partial charge is 0.278 e. The number of piperidine rings is 1. The van der Waals surface area contributed by atoms with E-state index in [1.54, 1.807) is 24.5 Å². The molecule has 2 N–H and O–H groups in total. The molecule has 2 amide bonds. The molecule has 2 fully saturated rings. The van der Waals surface area contributed by atoms with Crippen LogP contribution in [-0.4, -0.2) is 63.4 Å². The Morgan fingerprint density at radius 3 is 2.37 bits per heavy atom. The molecule has 0 atom stereocenters. The number of nitrogens with one attached hydrogen (secondary N) is 1. The summed E-state index contributed by atoms with van der Waals surface area (Å²) in [4.78, 5) is 39.3. The Labute approximate surface area is 244 Å². The fourth-order valence-electron chi connectivity index (χ4n) is 6.71. The molecule has 3 heterocycles. The molecule has 0 spiro atoms. The third kappa shape index (κ3) is 7.04. The minimum atomic E-state index is -0.627. The number of aromatic nitrogens is 1. The molecule has 0 unspecified atom stereocenters. The van der Waals surface area contributed by atoms with Gasteiger partial charge < -0.3 is 15.3 Å². The number of amidine groups is 1. The van der Waals surface area contributed by atoms with Gasteiger partial charge in [0.1, 0.15) is 5.84 Å². The number of pyridine rings is 1. The van der Waals surface area contributed by atoms with Gasteiger partial charge in [-0.05, 0) is 115 Å². The van der Waals surface area contributed by atoms with Gasteiger partial charge in [0.15, 0.2) is 0 Å². The standard InChI is InChI=1S/C33H45N5O3/c1-22(2)35-31(39)24-7-9-28(10-8-24)38-29-19-23(21-37-17-13-27(14-18-37)33(3,4)41)5-6-26(29)20-30(38)36-32(40)25-11-15-34-16-12-25/h5-6,11-12,15-16,19,22,24,27-28,41H,7-10,13-14,17-18,20-21H2,1-4H3,(H,35,39). The van der Waals surface area contributed by atoms with Crippen LogP contribution in [0.2, 0.25) is 0 Å². The Kier molecular flexibility index (Phi) is 8.90. The number of aliphatic imine (C=N–C) groups is 1. The molecule has 1 saturated heterocycles. The molecule has 1 saturated carbocycles. The summed E-state index contributed by atoms with van der Waals surface area (Å²) in [7, 11) is 0. The predicted molar refractivity (Wildman–Crippen MR) is 162 cm³/mol. The van der Waals surface area contributed by atoms with E-state index in [2.05, 4.69) is 43.3 Å². The molecule has 0 bridgehead atoms. The van der Waals surface area contributed by atoms with E-state index in [1.165, 1.54) is 11.1 Å². The van der Waals surface area contributed by atoms with Crippen molar-refractivity contribution in [1.82, 2.24) is 15.2 Å². The van der Waals surface area contributed by atoms with E-state index in [9.17, 15) is 14.7 Å². The van der Waals surface area contributed by atoms with Crippen LogP contribution in [0.3, 0.4) is 0 Å². The highest BCUT2D eigenvalue weighted by atomic mass is 16.3. The largest absolute Gasteiger partial charge is 0.390 e. The van der Waals surface area contributed by atoms with Crippen LogP contribution in [0.15, 0.2) is 47.7 Å². The first kappa shape index (κ1) is 29.4. The van der Waals surface area contributed by atoms with Gasteiger partial charge in [0.25, 0.3) is 5.91 Å². The van der Waals surface area contributed by atoms with Crippen LogP contribution in [0.25, 0.3) is 0 Å². The van der Waals surface area contributed by atoms with Gasteiger partial charge in [0.05, 0.1) is 5.60 Å². The Morgan fingerprint density at radius 2 is 1.73 bits per heavy atom. The maximum Gasteiger partial charge on any atom is 0.278 e. The minimum Gasteiger partial charge on any atom is -0.390 e. The van der Waals surface area contributed by atoms with Gasteiger partial charge in [-0.15, -0.1) is 0 Å². The number of carbonyl (C=O) groups excluding carboxylic acids is 2. The zero-order valence-corrected chi connectivity index (χ0v) is 25.0. The summed E-state index contributed by atoms with van der Waals surface area (Å²) in [5.74, 6) is 1.06. The molecule has 5 rings (SSSR count). The molecule has 1 aliphatic carbocycles. The Hall–Kier alpha value is -3.10. The van der Waals surface area contributed by atoms with Crippen LogP contribution in [0, 0.1) is 11.8 Å². The quantitative estimate of drug-likeness (QED) is 0.508. The lowest BCUT2D eigenvalue weighted by Crippen LogP contribution is -2.44. The molecule has 8 nitrogen and oxygen atoms in total. The molecular weight excluding hydrogens is 514 g/mol. The zero-order valence-electron chi connectivity index (χ0n) is 25.0. The van der Waals surface area contributed by atoms with Gasteiger partial charge in [-0.25, -0.2) is 0 Å². The summed E-state index contributed by atoms with van der Waals surface area (Å²) >= 11 is 0. The molecular formula is C33H45N5O3.